The van der Waals surface area contributed by atoms with Gasteiger partial charge in [-0.05, 0) is 19.4 Å². The zero-order chi connectivity index (χ0) is 15.2. The van der Waals surface area contributed by atoms with Crippen LogP contribution in [0, 0.1) is 0 Å². The van der Waals surface area contributed by atoms with Crippen LogP contribution in [0.15, 0.2) is 29.6 Å². The number of halogens is 1. The molecule has 0 aliphatic carbocycles. The van der Waals surface area contributed by atoms with Crippen molar-refractivity contribution in [3.05, 3.63) is 40.4 Å². The monoisotopic (exact) mass is 322 g/mol. The minimum atomic E-state index is 0.0203. The molecule has 0 bridgehead atoms. The number of nitrogens with one attached hydrogen (secondary N) is 1. The summed E-state index contributed by atoms with van der Waals surface area (Å²) in [5.74, 6) is 0.0203. The highest BCUT2D eigenvalue weighted by Gasteiger charge is 2.12. The minimum absolute atomic E-state index is 0.0203. The van der Waals surface area contributed by atoms with Gasteiger partial charge in [0.2, 0.25) is 5.91 Å². The second-order valence-electron chi connectivity index (χ2n) is 5.06. The third kappa shape index (κ3) is 4.55. The maximum absolute atomic E-state index is 11.9. The first-order valence-corrected chi connectivity index (χ1v) is 8.34. The lowest BCUT2D eigenvalue weighted by Crippen LogP contribution is -2.33. The first-order chi connectivity index (χ1) is 10.1. The number of hydrogen-bond acceptors (Lipinski definition) is 3. The van der Waals surface area contributed by atoms with Crippen molar-refractivity contribution < 1.29 is 4.79 Å². The number of nitrogens with zero attached hydrogens (tertiary/aromatic N) is 1. The molecule has 1 amide bonds. The molecule has 0 aliphatic heterocycles. The first-order valence-electron chi connectivity index (χ1n) is 7.08. The molecule has 3 nitrogen and oxygen atoms in total. The van der Waals surface area contributed by atoms with E-state index in [1.165, 1.54) is 11.3 Å². The van der Waals surface area contributed by atoms with E-state index in [9.17, 15) is 4.79 Å². The van der Waals surface area contributed by atoms with Crippen LogP contribution in [0.2, 0.25) is 5.02 Å². The number of hydrogen-bond donors (Lipinski definition) is 1. The van der Waals surface area contributed by atoms with Crippen molar-refractivity contribution in [3.63, 3.8) is 0 Å². The highest BCUT2D eigenvalue weighted by Crippen LogP contribution is 2.30. The van der Waals surface area contributed by atoms with Gasteiger partial charge in [0.1, 0.15) is 5.01 Å². The summed E-state index contributed by atoms with van der Waals surface area (Å²) in [5.41, 5.74) is 1.70. The quantitative estimate of drug-likeness (QED) is 0.861. The molecule has 21 heavy (non-hydrogen) atoms. The highest BCUT2D eigenvalue weighted by molar-refractivity contribution is 7.13. The third-order valence-electron chi connectivity index (χ3n) is 3.13. The van der Waals surface area contributed by atoms with Gasteiger partial charge in [-0.15, -0.1) is 11.3 Å². The van der Waals surface area contributed by atoms with Crippen LogP contribution >= 0.6 is 22.9 Å². The molecule has 112 valence electrons. The molecule has 0 radical (unpaired) electrons. The number of carbonyl (C=O) groups excluding carboxylic acids is 1. The molecule has 1 atom stereocenters. The molecule has 2 aromatic rings. The fraction of sp³-hybridized carbons (Fsp3) is 0.375. The smallest absolute Gasteiger partial charge is 0.226 e. The molecule has 5 heteroatoms. The molecule has 1 aromatic carbocycles. The van der Waals surface area contributed by atoms with Crippen LogP contribution in [0.3, 0.4) is 0 Å². The lowest BCUT2D eigenvalue weighted by atomic mass is 10.2. The van der Waals surface area contributed by atoms with Gasteiger partial charge in [0.05, 0.1) is 17.1 Å². The number of rotatable bonds is 6. The lowest BCUT2D eigenvalue weighted by Gasteiger charge is -2.11. The van der Waals surface area contributed by atoms with Gasteiger partial charge in [-0.25, -0.2) is 4.98 Å². The Morgan fingerprint density at radius 1 is 1.43 bits per heavy atom. The fourth-order valence-electron chi connectivity index (χ4n) is 2.14. The molecule has 1 unspecified atom stereocenters. The zero-order valence-electron chi connectivity index (χ0n) is 12.2. The van der Waals surface area contributed by atoms with Crippen molar-refractivity contribution in [2.75, 3.05) is 0 Å². The molecule has 1 N–H and O–H groups in total. The number of amides is 1. The van der Waals surface area contributed by atoms with Crippen LogP contribution in [-0.4, -0.2) is 16.9 Å². The molecular formula is C16H19ClN2OS. The Labute approximate surface area is 134 Å². The molecule has 1 aromatic heterocycles. The summed E-state index contributed by atoms with van der Waals surface area (Å²) in [6.07, 6.45) is 2.37. The Bertz CT molecular complexity index is 612. The van der Waals surface area contributed by atoms with Crippen LogP contribution < -0.4 is 5.32 Å². The normalized spacial score (nSPS) is 12.1. The van der Waals surface area contributed by atoms with Gasteiger partial charge in [0.25, 0.3) is 0 Å². The largest absolute Gasteiger partial charge is 0.353 e. The molecule has 0 aliphatic rings. The van der Waals surface area contributed by atoms with E-state index < -0.39 is 0 Å². The molecular weight excluding hydrogens is 304 g/mol. The van der Waals surface area contributed by atoms with E-state index in [4.69, 9.17) is 11.6 Å². The van der Waals surface area contributed by atoms with E-state index in [-0.39, 0.29) is 11.9 Å². The molecule has 0 saturated heterocycles. The van der Waals surface area contributed by atoms with Gasteiger partial charge in [0.15, 0.2) is 0 Å². The maximum atomic E-state index is 11.9. The average Bonchev–Trinajstić information content (AvgIpc) is 2.87. The van der Waals surface area contributed by atoms with Gasteiger partial charge in [-0.1, -0.05) is 43.1 Å². The second kappa shape index (κ2) is 7.57. The van der Waals surface area contributed by atoms with Crippen LogP contribution in [-0.2, 0) is 11.2 Å². The Morgan fingerprint density at radius 3 is 2.90 bits per heavy atom. The second-order valence-corrected chi connectivity index (χ2v) is 6.32. The predicted octanol–water partition coefficient (Wildman–Crippen LogP) is 4.31. The molecule has 1 heterocycles. The zero-order valence-corrected chi connectivity index (χ0v) is 13.8. The Hall–Kier alpha value is -1.39. The van der Waals surface area contributed by atoms with Gasteiger partial charge < -0.3 is 5.32 Å². The van der Waals surface area contributed by atoms with E-state index in [0.29, 0.717) is 11.4 Å². The van der Waals surface area contributed by atoms with Gasteiger partial charge >= 0.3 is 0 Å². The Kier molecular flexibility index (Phi) is 5.76. The number of thiazole rings is 1. The molecule has 2 rings (SSSR count). The summed E-state index contributed by atoms with van der Waals surface area (Å²) in [6, 6.07) is 7.82. The minimum Gasteiger partial charge on any atom is -0.353 e. The third-order valence-corrected chi connectivity index (χ3v) is 4.38. The van der Waals surface area contributed by atoms with E-state index >= 15 is 0 Å². The van der Waals surface area contributed by atoms with Crippen LogP contribution in [0.25, 0.3) is 10.6 Å². The summed E-state index contributed by atoms with van der Waals surface area (Å²) in [7, 11) is 0. The summed E-state index contributed by atoms with van der Waals surface area (Å²) >= 11 is 7.68. The van der Waals surface area contributed by atoms with Gasteiger partial charge in [0, 0.05) is 17.0 Å². The van der Waals surface area contributed by atoms with Crippen molar-refractivity contribution >= 4 is 28.8 Å². The summed E-state index contributed by atoms with van der Waals surface area (Å²) in [4.78, 5) is 16.4. The van der Waals surface area contributed by atoms with Crippen molar-refractivity contribution in [1.82, 2.24) is 10.3 Å². The molecule has 0 spiro atoms. The number of carbonyl (C=O) groups is 1. The first kappa shape index (κ1) is 16.0. The predicted molar refractivity (Wildman–Crippen MR) is 88.8 cm³/mol. The van der Waals surface area contributed by atoms with Crippen LogP contribution in [0.4, 0.5) is 0 Å². The summed E-state index contributed by atoms with van der Waals surface area (Å²) < 4.78 is 0. The van der Waals surface area contributed by atoms with E-state index in [0.717, 1.165) is 29.1 Å². The molecule has 0 fully saturated rings. The van der Waals surface area contributed by atoms with Crippen LogP contribution in [0.1, 0.15) is 32.4 Å². The van der Waals surface area contributed by atoms with Gasteiger partial charge in [-0.3, -0.25) is 4.79 Å². The summed E-state index contributed by atoms with van der Waals surface area (Å²) in [5, 5.41) is 6.44. The van der Waals surface area contributed by atoms with Crippen LogP contribution in [0.5, 0.6) is 0 Å². The van der Waals surface area contributed by atoms with Crippen molar-refractivity contribution in [3.8, 4) is 10.6 Å². The SMILES string of the molecule is CCCC(C)NC(=O)Cc1csc(-c2ccccc2Cl)n1. The van der Waals surface area contributed by atoms with Crippen molar-refractivity contribution in [1.29, 1.82) is 0 Å². The fourth-order valence-corrected chi connectivity index (χ4v) is 3.28. The maximum Gasteiger partial charge on any atom is 0.226 e. The van der Waals surface area contributed by atoms with E-state index in [2.05, 4.69) is 17.2 Å². The van der Waals surface area contributed by atoms with E-state index in [1.807, 2.05) is 36.6 Å². The van der Waals surface area contributed by atoms with Crippen molar-refractivity contribution in [2.45, 2.75) is 39.2 Å². The number of aromatic nitrogens is 1. The molecule has 0 saturated carbocycles. The average molecular weight is 323 g/mol. The standard InChI is InChI=1S/C16H19ClN2OS/c1-3-6-11(2)18-15(20)9-12-10-21-16(19-12)13-7-4-5-8-14(13)17/h4-5,7-8,10-11H,3,6,9H2,1-2H3,(H,18,20). The Balaban J connectivity index is 2.01. The number of benzene rings is 1. The lowest BCUT2D eigenvalue weighted by molar-refractivity contribution is -0.121. The van der Waals surface area contributed by atoms with Gasteiger partial charge in [-0.2, -0.15) is 0 Å². The van der Waals surface area contributed by atoms with E-state index in [1.54, 1.807) is 0 Å². The summed E-state index contributed by atoms with van der Waals surface area (Å²) in [6.45, 7) is 4.14. The Morgan fingerprint density at radius 2 is 2.19 bits per heavy atom. The van der Waals surface area contributed by atoms with Crippen molar-refractivity contribution in [2.24, 2.45) is 0 Å². The highest BCUT2D eigenvalue weighted by atomic mass is 35.5. The topological polar surface area (TPSA) is 42.0 Å².